The topological polar surface area (TPSA) is 12.0 Å². The van der Waals surface area contributed by atoms with Crippen molar-refractivity contribution in [3.63, 3.8) is 0 Å². The van der Waals surface area contributed by atoms with E-state index in [4.69, 9.17) is 0 Å². The molecular weight excluding hydrogens is 194 g/mol. The molecule has 1 atom stereocenters. The van der Waals surface area contributed by atoms with Crippen LogP contribution >= 0.6 is 0 Å². The third-order valence-corrected chi connectivity index (χ3v) is 2.99. The van der Waals surface area contributed by atoms with E-state index in [0.29, 0.717) is 6.04 Å². The van der Waals surface area contributed by atoms with Crippen molar-refractivity contribution in [1.82, 2.24) is 5.32 Å². The highest BCUT2D eigenvalue weighted by atomic mass is 14.9. The van der Waals surface area contributed by atoms with Crippen LogP contribution in [0.3, 0.4) is 0 Å². The maximum absolute atomic E-state index is 3.77. The number of benzene rings is 1. The molecule has 0 aliphatic carbocycles. The summed E-state index contributed by atoms with van der Waals surface area (Å²) in [6.07, 6.45) is 6.64. The third-order valence-electron chi connectivity index (χ3n) is 2.99. The Morgan fingerprint density at radius 1 is 1.38 bits per heavy atom. The third kappa shape index (κ3) is 4.63. The molecule has 0 aliphatic heterocycles. The first-order valence-corrected chi connectivity index (χ1v) is 6.10. The number of hydrogen-bond donors (Lipinski definition) is 1. The van der Waals surface area contributed by atoms with E-state index in [9.17, 15) is 0 Å². The van der Waals surface area contributed by atoms with Crippen molar-refractivity contribution in [2.24, 2.45) is 0 Å². The second-order valence-corrected chi connectivity index (χ2v) is 4.38. The predicted octanol–water partition coefficient (Wildman–Crippen LogP) is 3.48. The minimum Gasteiger partial charge on any atom is -0.317 e. The Morgan fingerprint density at radius 2 is 2.19 bits per heavy atom. The van der Waals surface area contributed by atoms with Gasteiger partial charge in [-0.1, -0.05) is 35.9 Å². The summed E-state index contributed by atoms with van der Waals surface area (Å²) in [5.74, 6) is 0. The zero-order chi connectivity index (χ0) is 11.8. The van der Waals surface area contributed by atoms with Gasteiger partial charge in [0.05, 0.1) is 0 Å². The minimum absolute atomic E-state index is 0.610. The summed E-state index contributed by atoms with van der Waals surface area (Å²) in [4.78, 5) is 0. The van der Waals surface area contributed by atoms with Crippen LogP contribution in [-0.4, -0.2) is 13.1 Å². The monoisotopic (exact) mass is 217 g/mol. The van der Waals surface area contributed by atoms with Crippen molar-refractivity contribution in [3.05, 3.63) is 48.0 Å². The summed E-state index contributed by atoms with van der Waals surface area (Å²) < 4.78 is 0. The van der Waals surface area contributed by atoms with Gasteiger partial charge < -0.3 is 5.32 Å². The fourth-order valence-corrected chi connectivity index (χ4v) is 1.96. The van der Waals surface area contributed by atoms with Gasteiger partial charge in [0.2, 0.25) is 0 Å². The second-order valence-electron chi connectivity index (χ2n) is 4.38. The lowest BCUT2D eigenvalue weighted by atomic mass is 10.0. The standard InChI is InChI=1S/C15H23N/c1-4-5-9-15(16-3)11-10-14-8-6-7-13(2)12-14/h4,6-8,12,15-16H,1,5,9-11H2,2-3H3. The largest absolute Gasteiger partial charge is 0.317 e. The molecule has 0 aliphatic rings. The molecule has 0 radical (unpaired) electrons. The van der Waals surface area contributed by atoms with Gasteiger partial charge in [0.1, 0.15) is 0 Å². The smallest absolute Gasteiger partial charge is 0.00701 e. The fourth-order valence-electron chi connectivity index (χ4n) is 1.96. The molecule has 0 aromatic heterocycles. The molecule has 0 spiro atoms. The van der Waals surface area contributed by atoms with E-state index in [1.165, 1.54) is 24.0 Å². The first-order chi connectivity index (χ1) is 7.76. The van der Waals surface area contributed by atoms with E-state index in [0.717, 1.165) is 12.8 Å². The molecule has 1 nitrogen and oxygen atoms in total. The number of hydrogen-bond acceptors (Lipinski definition) is 1. The van der Waals surface area contributed by atoms with E-state index in [1.54, 1.807) is 0 Å². The van der Waals surface area contributed by atoms with Gasteiger partial charge in [0.25, 0.3) is 0 Å². The maximum Gasteiger partial charge on any atom is 0.00701 e. The molecule has 1 aromatic rings. The SMILES string of the molecule is C=CCCC(CCc1cccc(C)c1)NC. The van der Waals surface area contributed by atoms with Gasteiger partial charge in [0, 0.05) is 6.04 Å². The molecule has 1 heteroatoms. The summed E-state index contributed by atoms with van der Waals surface area (Å²) >= 11 is 0. The number of nitrogens with one attached hydrogen (secondary N) is 1. The van der Waals surface area contributed by atoms with Crippen LogP contribution < -0.4 is 5.32 Å². The highest BCUT2D eigenvalue weighted by Gasteiger charge is 2.05. The van der Waals surface area contributed by atoms with Crippen LogP contribution in [0.1, 0.15) is 30.4 Å². The lowest BCUT2D eigenvalue weighted by Gasteiger charge is -2.15. The molecule has 16 heavy (non-hydrogen) atoms. The van der Waals surface area contributed by atoms with Gasteiger partial charge >= 0.3 is 0 Å². The Hall–Kier alpha value is -1.08. The molecule has 0 heterocycles. The average Bonchev–Trinajstić information content (AvgIpc) is 2.29. The molecule has 0 saturated carbocycles. The van der Waals surface area contributed by atoms with Crippen molar-refractivity contribution in [3.8, 4) is 0 Å². The van der Waals surface area contributed by atoms with Crippen molar-refractivity contribution >= 4 is 0 Å². The summed E-state index contributed by atoms with van der Waals surface area (Å²) in [6, 6.07) is 9.39. The van der Waals surface area contributed by atoms with Crippen LogP contribution in [0.15, 0.2) is 36.9 Å². The Bertz CT molecular complexity index is 317. The lowest BCUT2D eigenvalue weighted by molar-refractivity contribution is 0.493. The minimum atomic E-state index is 0.610. The molecule has 88 valence electrons. The molecule has 1 unspecified atom stereocenters. The molecule has 1 aromatic carbocycles. The molecule has 0 fully saturated rings. The van der Waals surface area contributed by atoms with Gasteiger partial charge in [-0.3, -0.25) is 0 Å². The van der Waals surface area contributed by atoms with E-state index >= 15 is 0 Å². The molecule has 1 N–H and O–H groups in total. The van der Waals surface area contributed by atoms with Gasteiger partial charge in [0.15, 0.2) is 0 Å². The normalized spacial score (nSPS) is 12.4. The van der Waals surface area contributed by atoms with E-state index in [1.807, 2.05) is 13.1 Å². The van der Waals surface area contributed by atoms with E-state index in [-0.39, 0.29) is 0 Å². The zero-order valence-electron chi connectivity index (χ0n) is 10.5. The molecule has 0 bridgehead atoms. The Kier molecular flexibility index (Phi) is 5.87. The second kappa shape index (κ2) is 7.24. The highest BCUT2D eigenvalue weighted by Crippen LogP contribution is 2.10. The fraction of sp³-hybridized carbons (Fsp3) is 0.467. The Labute approximate surface area is 99.6 Å². The van der Waals surface area contributed by atoms with Gasteiger partial charge in [-0.05, 0) is 45.2 Å². The first kappa shape index (κ1) is 13.0. The van der Waals surface area contributed by atoms with Gasteiger partial charge in [-0.25, -0.2) is 0 Å². The lowest BCUT2D eigenvalue weighted by Crippen LogP contribution is -2.25. The summed E-state index contributed by atoms with van der Waals surface area (Å²) in [6.45, 7) is 5.92. The van der Waals surface area contributed by atoms with Crippen molar-refractivity contribution in [1.29, 1.82) is 0 Å². The van der Waals surface area contributed by atoms with Crippen LogP contribution in [0.4, 0.5) is 0 Å². The summed E-state index contributed by atoms with van der Waals surface area (Å²) in [5.41, 5.74) is 2.79. The summed E-state index contributed by atoms with van der Waals surface area (Å²) in [7, 11) is 2.05. The van der Waals surface area contributed by atoms with Crippen LogP contribution in [0.25, 0.3) is 0 Å². The first-order valence-electron chi connectivity index (χ1n) is 6.10. The number of rotatable bonds is 7. The van der Waals surface area contributed by atoms with Crippen molar-refractivity contribution in [2.45, 2.75) is 38.6 Å². The Morgan fingerprint density at radius 3 is 2.81 bits per heavy atom. The maximum atomic E-state index is 3.77. The van der Waals surface area contributed by atoms with Crippen LogP contribution in [-0.2, 0) is 6.42 Å². The average molecular weight is 217 g/mol. The predicted molar refractivity (Wildman–Crippen MR) is 71.8 cm³/mol. The molecule has 0 saturated heterocycles. The number of aryl methyl sites for hydroxylation is 2. The number of allylic oxidation sites excluding steroid dienone is 1. The van der Waals surface area contributed by atoms with Crippen molar-refractivity contribution in [2.75, 3.05) is 7.05 Å². The molecule has 1 rings (SSSR count). The molecular formula is C15H23N. The van der Waals surface area contributed by atoms with Gasteiger partial charge in [-0.2, -0.15) is 0 Å². The molecule has 0 amide bonds. The van der Waals surface area contributed by atoms with Crippen LogP contribution in [0.5, 0.6) is 0 Å². The van der Waals surface area contributed by atoms with Crippen LogP contribution in [0, 0.1) is 6.92 Å². The van der Waals surface area contributed by atoms with Crippen molar-refractivity contribution < 1.29 is 0 Å². The van der Waals surface area contributed by atoms with E-state index in [2.05, 4.69) is 43.1 Å². The van der Waals surface area contributed by atoms with Crippen LogP contribution in [0.2, 0.25) is 0 Å². The quantitative estimate of drug-likeness (QED) is 0.689. The summed E-state index contributed by atoms with van der Waals surface area (Å²) in [5, 5.41) is 3.37. The zero-order valence-corrected chi connectivity index (χ0v) is 10.5. The highest BCUT2D eigenvalue weighted by molar-refractivity contribution is 5.22. The Balaban J connectivity index is 2.39. The van der Waals surface area contributed by atoms with E-state index < -0.39 is 0 Å². The van der Waals surface area contributed by atoms with Gasteiger partial charge in [-0.15, -0.1) is 6.58 Å².